The monoisotopic (exact) mass is 1480 g/mol. The standard InChI is InChI=1S/C9H15NO2.2C7H13NO4S.C7H13NO4.C7H11NO2.C6H11NO2.2C5H9NO2.C5H9NO.C4H7NO2.Na/c1-5-8(12)10-9(3,4)6-7(2)11;2*1-4-6(9)8-7(2,3)5-13(10,11)12;1-2-6(12)8-7(3-9,4-10)5-11;1-2-7(9)8-3-5-10-6-4-8;1-2-6(9)7-4-3-5-8;1-3-5(7)6-4-8-2;1-2-5(8)6-3-4-7;1-4-5(7)6(2)3;1-2-4(7)5-3-6;/h5H,1,6H2,2-4H3,(H,10,12);2*4H,1,5H2,2-3H3,(H,8,9)(H,10,11,12);2,9-11H,1,3-5H2,(H,8,12);2H,1,3-6H2;2,8H,1,3-5H2,(H,7,9);3H,1,4H2,2H3,(H,6,7);2,7H,1,3-4H2,(H,6,8);4H,1H2,2-3H3;2,6H,1,3H2,(H,5,7);/q;;;;;;;;;;+1/p-1. The van der Waals surface area contributed by atoms with E-state index in [2.05, 4.69) is 113 Å². The van der Waals surface area contributed by atoms with Crippen LogP contribution in [0.1, 0.15) is 61.3 Å². The average Bonchev–Trinajstić information content (AvgIpc) is 0.910. The van der Waals surface area contributed by atoms with E-state index in [1.165, 1.54) is 77.0 Å². The summed E-state index contributed by atoms with van der Waals surface area (Å²) in [5.74, 6) is -3.96. The Labute approximate surface area is 611 Å². The van der Waals surface area contributed by atoms with Crippen LogP contribution in [0, 0.1) is 0 Å². The van der Waals surface area contributed by atoms with Gasteiger partial charge in [-0.2, -0.15) is 8.42 Å². The number of carbonyl (C=O) groups is 11. The van der Waals surface area contributed by atoms with Crippen molar-refractivity contribution >= 4 is 85.1 Å². The number of aliphatic hydroxyl groups excluding tert-OH is 6. The molecule has 15 N–H and O–H groups in total. The normalized spacial score (nSPS) is 10.8. The fourth-order valence-electron chi connectivity index (χ4n) is 5.45. The molecule has 0 unspecified atom stereocenters. The van der Waals surface area contributed by atoms with E-state index in [9.17, 15) is 74.1 Å². The van der Waals surface area contributed by atoms with Gasteiger partial charge in [0, 0.05) is 71.5 Å². The van der Waals surface area contributed by atoms with Crippen LogP contribution >= 0.6 is 0 Å². The van der Waals surface area contributed by atoms with E-state index >= 15 is 0 Å². The second kappa shape index (κ2) is 68.4. The molecule has 38 heteroatoms. The number of morpholine rings is 1. The fraction of sp³-hybridized carbons (Fsp3) is 0.500. The van der Waals surface area contributed by atoms with Crippen LogP contribution in [0.4, 0.5) is 0 Å². The van der Waals surface area contributed by atoms with Crippen LogP contribution in [0.15, 0.2) is 127 Å². The van der Waals surface area contributed by atoms with Crippen molar-refractivity contribution in [3.8, 4) is 0 Å². The van der Waals surface area contributed by atoms with Crippen molar-refractivity contribution in [1.82, 2.24) is 52.3 Å². The van der Waals surface area contributed by atoms with E-state index in [1.54, 1.807) is 32.8 Å². The molecule has 0 aromatic rings. The largest absolute Gasteiger partial charge is 1.00 e. The number of carbonyl (C=O) groups excluding carboxylic acids is 11. The van der Waals surface area contributed by atoms with Gasteiger partial charge in [0.1, 0.15) is 24.8 Å². The van der Waals surface area contributed by atoms with Gasteiger partial charge in [-0.15, -0.1) is 0 Å². The molecule has 0 saturated carbocycles. The second-order valence-corrected chi connectivity index (χ2v) is 23.8. The number of hydrogen-bond donors (Lipinski definition) is 15. The summed E-state index contributed by atoms with van der Waals surface area (Å²) in [5, 5.41) is 69.6. The SMILES string of the molecule is C=CC(=O)N(C)C.C=CC(=O)N1CCOCC1.C=CC(=O)NC(C)(C)CC(C)=O.C=CC(=O)NC(C)(C)CS(=O)(=O)O.C=CC(=O)NC(C)(C)CS(=O)(=O)[O-].C=CC(=O)NC(CO)(CO)CO.C=CC(=O)NCCCO.C=CC(=O)NCCO.C=CC(=O)NCO.C=CC(=O)NCOC.[Na+]. The Morgan fingerprint density at radius 2 is 0.870 bits per heavy atom. The number of rotatable bonds is 31. The average molecular weight is 1480 g/mol. The third-order valence-corrected chi connectivity index (χ3v) is 11.9. The first kappa shape index (κ1) is 114. The van der Waals surface area contributed by atoms with E-state index < -0.39 is 91.4 Å². The number of methoxy groups -OCH3 is 1. The number of ether oxygens (including phenoxy) is 2. The van der Waals surface area contributed by atoms with Crippen LogP contribution < -0.4 is 72.1 Å². The van der Waals surface area contributed by atoms with Crippen LogP contribution in [0.2, 0.25) is 0 Å². The molecule has 0 radical (unpaired) electrons. The Hall–Kier alpha value is -7.73. The summed E-state index contributed by atoms with van der Waals surface area (Å²) < 4.78 is 70.3. The molecule has 10 amide bonds. The van der Waals surface area contributed by atoms with Crippen molar-refractivity contribution < 1.29 is 148 Å². The minimum Gasteiger partial charge on any atom is -0.748 e. The number of hydrogen-bond acceptors (Lipinski definition) is 24. The van der Waals surface area contributed by atoms with Gasteiger partial charge in [0.15, 0.2) is 0 Å². The minimum absolute atomic E-state index is 0. The predicted octanol–water partition coefficient (Wildman–Crippen LogP) is -6.00. The van der Waals surface area contributed by atoms with Crippen molar-refractivity contribution in [3.05, 3.63) is 127 Å². The molecule has 1 saturated heterocycles. The molecule has 0 aromatic carbocycles. The van der Waals surface area contributed by atoms with Crippen LogP contribution in [0.3, 0.4) is 0 Å². The summed E-state index contributed by atoms with van der Waals surface area (Å²) in [6.07, 6.45) is 12.4. The first-order chi connectivity index (χ1) is 45.6. The number of amides is 10. The summed E-state index contributed by atoms with van der Waals surface area (Å²) in [7, 11) is -3.55. The molecule has 1 aliphatic rings. The van der Waals surface area contributed by atoms with Crippen LogP contribution in [-0.2, 0) is 82.4 Å². The number of ketones is 1. The Balaban J connectivity index is -0.000000113. The Kier molecular flexibility index (Phi) is 77.7. The molecule has 1 fully saturated rings. The zero-order valence-corrected chi connectivity index (χ0v) is 63.2. The molecule has 570 valence electrons. The van der Waals surface area contributed by atoms with Gasteiger partial charge in [0.25, 0.3) is 10.1 Å². The quantitative estimate of drug-likeness (QED) is 0.0101. The van der Waals surface area contributed by atoms with Crippen LogP contribution in [0.5, 0.6) is 0 Å². The molecular weight excluding hydrogens is 1370 g/mol. The van der Waals surface area contributed by atoms with Gasteiger partial charge in [0.05, 0.1) is 66.8 Å². The van der Waals surface area contributed by atoms with Crippen molar-refractivity contribution in [2.45, 2.75) is 83.5 Å². The molecule has 100 heavy (non-hydrogen) atoms. The number of nitrogens with one attached hydrogen (secondary N) is 8. The van der Waals surface area contributed by atoms with E-state index in [0.717, 1.165) is 30.4 Å². The molecule has 1 aliphatic heterocycles. The summed E-state index contributed by atoms with van der Waals surface area (Å²) >= 11 is 0. The Morgan fingerprint density at radius 1 is 0.520 bits per heavy atom. The molecule has 35 nitrogen and oxygen atoms in total. The van der Waals surface area contributed by atoms with Gasteiger partial charge in [-0.3, -0.25) is 57.3 Å². The maximum atomic E-state index is 10.9. The Morgan fingerprint density at radius 3 is 1.14 bits per heavy atom. The number of Topliss-reactive ketones (excluding diaryl/α,β-unsaturated/α-hetero) is 1. The van der Waals surface area contributed by atoms with Gasteiger partial charge >= 0.3 is 29.6 Å². The predicted molar refractivity (Wildman–Crippen MR) is 373 cm³/mol. The smallest absolute Gasteiger partial charge is 0.748 e. The van der Waals surface area contributed by atoms with Gasteiger partial charge < -0.3 is 97.0 Å². The summed E-state index contributed by atoms with van der Waals surface area (Å²) in [6.45, 7) is 45.4. The molecule has 0 spiro atoms. The van der Waals surface area contributed by atoms with Crippen molar-refractivity contribution in [3.63, 3.8) is 0 Å². The molecule has 0 aliphatic carbocycles. The summed E-state index contributed by atoms with van der Waals surface area (Å²) in [6, 6.07) is 0. The van der Waals surface area contributed by atoms with E-state index in [0.29, 0.717) is 52.2 Å². The van der Waals surface area contributed by atoms with Crippen molar-refractivity contribution in [2.75, 3.05) is 119 Å². The van der Waals surface area contributed by atoms with Crippen molar-refractivity contribution in [1.29, 1.82) is 0 Å². The molecule has 1 rings (SSSR count). The summed E-state index contributed by atoms with van der Waals surface area (Å²) in [5.41, 5.74) is -3.90. The number of likely N-dealkylation sites (N-methyl/N-ethyl adjacent to an activating group) is 1. The fourth-order valence-corrected chi connectivity index (χ4v) is 7.39. The number of nitrogens with zero attached hydrogens (tertiary/aromatic N) is 2. The van der Waals surface area contributed by atoms with Gasteiger partial charge in [0.2, 0.25) is 59.1 Å². The van der Waals surface area contributed by atoms with Crippen LogP contribution in [0.25, 0.3) is 0 Å². The van der Waals surface area contributed by atoms with E-state index in [-0.39, 0.29) is 103 Å². The van der Waals surface area contributed by atoms with Crippen LogP contribution in [-0.4, -0.2) is 272 Å². The molecule has 0 bridgehead atoms. The number of aliphatic hydroxyl groups is 6. The first-order valence-electron chi connectivity index (χ1n) is 28.8. The van der Waals surface area contributed by atoms with E-state index in [1.807, 2.05) is 0 Å². The maximum absolute atomic E-state index is 10.9. The zero-order chi connectivity index (χ0) is 79.7. The first-order valence-corrected chi connectivity index (χ1v) is 32.0. The van der Waals surface area contributed by atoms with Gasteiger partial charge in [-0.1, -0.05) is 65.8 Å². The molecule has 0 aromatic heterocycles. The second-order valence-electron chi connectivity index (χ2n) is 20.9. The third kappa shape index (κ3) is 88.3. The van der Waals surface area contributed by atoms with Gasteiger partial charge in [-0.05, 0) is 116 Å². The molecular formula is C62H109N10NaO25S2. The third-order valence-electron chi connectivity index (χ3n) is 9.74. The van der Waals surface area contributed by atoms with Crippen molar-refractivity contribution in [2.24, 2.45) is 0 Å². The Bertz CT molecular complexity index is 2660. The van der Waals surface area contributed by atoms with Gasteiger partial charge in [-0.25, -0.2) is 8.42 Å². The molecule has 0 atom stereocenters. The topological polar surface area (TPSA) is 542 Å². The zero-order valence-electron chi connectivity index (χ0n) is 59.6. The molecule has 1 heterocycles. The maximum Gasteiger partial charge on any atom is 1.00 e. The summed E-state index contributed by atoms with van der Waals surface area (Å²) in [4.78, 5) is 119. The van der Waals surface area contributed by atoms with E-state index in [4.69, 9.17) is 39.9 Å². The minimum atomic E-state index is -4.33.